The lowest BCUT2D eigenvalue weighted by molar-refractivity contribution is 0.0517. The summed E-state index contributed by atoms with van der Waals surface area (Å²) in [5.74, 6) is -1.65. The highest BCUT2D eigenvalue weighted by Crippen LogP contribution is 2.25. The lowest BCUT2D eigenvalue weighted by Crippen LogP contribution is -2.40. The van der Waals surface area contributed by atoms with Gasteiger partial charge >= 0.3 is 5.97 Å². The number of nitrogens with zero attached hydrogens (tertiary/aromatic N) is 3. The molecule has 1 aromatic carbocycles. The maximum Gasteiger partial charge on any atom is 0.350 e. The third kappa shape index (κ3) is 7.61. The third-order valence-electron chi connectivity index (χ3n) is 4.35. The number of guanidine groups is 1. The third-order valence-corrected chi connectivity index (χ3v) is 5.39. The van der Waals surface area contributed by atoms with Gasteiger partial charge in [0.15, 0.2) is 0 Å². The van der Waals surface area contributed by atoms with Crippen molar-refractivity contribution in [1.29, 1.82) is 0 Å². The second-order valence-corrected chi connectivity index (χ2v) is 8.55. The Balaban J connectivity index is 2.09. The molecule has 0 spiro atoms. The van der Waals surface area contributed by atoms with E-state index < -0.39 is 24.1 Å². The average molecular weight is 492 g/mol. The zero-order valence-electron chi connectivity index (χ0n) is 19.4. The molecule has 2 unspecified atom stereocenters. The fraction of sp³-hybridized carbons (Fsp3) is 0.409. The van der Waals surface area contributed by atoms with Crippen LogP contribution in [0.3, 0.4) is 0 Å². The van der Waals surface area contributed by atoms with Crippen molar-refractivity contribution in [3.05, 3.63) is 46.0 Å². The molecule has 34 heavy (non-hydrogen) atoms. The van der Waals surface area contributed by atoms with Crippen LogP contribution in [-0.4, -0.2) is 75.7 Å². The summed E-state index contributed by atoms with van der Waals surface area (Å²) >= 11 is 0.993. The van der Waals surface area contributed by atoms with Crippen molar-refractivity contribution >= 4 is 40.2 Å². The minimum atomic E-state index is -0.759. The number of aryl methyl sites for hydroxylation is 1. The van der Waals surface area contributed by atoms with Crippen molar-refractivity contribution < 1.29 is 29.3 Å². The molecular formula is C22H29N5O6S. The van der Waals surface area contributed by atoms with Gasteiger partial charge in [0.05, 0.1) is 24.5 Å². The first-order valence-electron chi connectivity index (χ1n) is 10.6. The molecule has 0 fully saturated rings. The van der Waals surface area contributed by atoms with Crippen molar-refractivity contribution in [3.63, 3.8) is 0 Å². The van der Waals surface area contributed by atoms with Crippen molar-refractivity contribution in [2.24, 2.45) is 10.7 Å². The van der Waals surface area contributed by atoms with Crippen LogP contribution in [0.5, 0.6) is 0 Å². The van der Waals surface area contributed by atoms with Crippen molar-refractivity contribution in [3.8, 4) is 0 Å². The fourth-order valence-electron chi connectivity index (χ4n) is 2.96. The molecule has 5 N–H and O–H groups in total. The Hall–Kier alpha value is -3.35. The summed E-state index contributed by atoms with van der Waals surface area (Å²) in [7, 11) is 0. The number of nitrogens with one attached hydrogen (secondary N) is 1. The minimum absolute atomic E-state index is 0.0626. The second-order valence-electron chi connectivity index (χ2n) is 7.57. The second kappa shape index (κ2) is 12.2. The summed E-state index contributed by atoms with van der Waals surface area (Å²) < 4.78 is 4.96. The van der Waals surface area contributed by atoms with Crippen molar-refractivity contribution in [2.45, 2.75) is 39.9 Å². The lowest BCUT2D eigenvalue weighted by Gasteiger charge is -2.25. The van der Waals surface area contributed by atoms with Crippen LogP contribution in [0, 0.1) is 6.92 Å². The van der Waals surface area contributed by atoms with Gasteiger partial charge in [0.1, 0.15) is 4.88 Å². The number of aliphatic imine (C=N–C) groups is 1. The van der Waals surface area contributed by atoms with E-state index in [0.717, 1.165) is 11.3 Å². The van der Waals surface area contributed by atoms with Crippen LogP contribution in [0.4, 0.5) is 5.13 Å². The summed E-state index contributed by atoms with van der Waals surface area (Å²) in [5, 5.41) is 21.9. The first-order valence-corrected chi connectivity index (χ1v) is 11.4. The number of ether oxygens (including phenoxy) is 1. The summed E-state index contributed by atoms with van der Waals surface area (Å²) in [4.78, 5) is 46.9. The molecule has 1 heterocycles. The van der Waals surface area contributed by atoms with E-state index in [1.807, 2.05) is 0 Å². The Kier molecular flexibility index (Phi) is 9.66. The molecule has 2 rings (SSSR count). The summed E-state index contributed by atoms with van der Waals surface area (Å²) in [6.07, 6.45) is -1.52. The first-order chi connectivity index (χ1) is 16.0. The Morgan fingerprint density at radius 1 is 1.15 bits per heavy atom. The number of amides is 2. The van der Waals surface area contributed by atoms with Gasteiger partial charge < -0.3 is 25.6 Å². The predicted octanol–water partition coefficient (Wildman–Crippen LogP) is 1.21. The number of esters is 1. The fourth-order valence-corrected chi connectivity index (χ4v) is 3.81. The quantitative estimate of drug-likeness (QED) is 0.231. The molecule has 0 saturated carbocycles. The van der Waals surface area contributed by atoms with Crippen LogP contribution in [0.2, 0.25) is 0 Å². The molecule has 0 aliphatic rings. The van der Waals surface area contributed by atoms with Gasteiger partial charge in [0.25, 0.3) is 11.8 Å². The van der Waals surface area contributed by atoms with E-state index in [1.54, 1.807) is 27.7 Å². The molecule has 11 nitrogen and oxygen atoms in total. The minimum Gasteiger partial charge on any atom is -0.462 e. The predicted molar refractivity (Wildman–Crippen MR) is 127 cm³/mol. The maximum absolute atomic E-state index is 12.7. The molecule has 0 saturated heterocycles. The zero-order chi connectivity index (χ0) is 25.4. The largest absolute Gasteiger partial charge is 0.462 e. The average Bonchev–Trinajstić information content (AvgIpc) is 3.12. The van der Waals surface area contributed by atoms with E-state index in [4.69, 9.17) is 10.5 Å². The van der Waals surface area contributed by atoms with E-state index in [9.17, 15) is 24.6 Å². The Labute approximate surface area is 201 Å². The van der Waals surface area contributed by atoms with Gasteiger partial charge in [-0.3, -0.25) is 14.9 Å². The van der Waals surface area contributed by atoms with E-state index in [2.05, 4.69) is 15.3 Å². The van der Waals surface area contributed by atoms with Crippen LogP contribution < -0.4 is 11.1 Å². The molecule has 0 radical (unpaired) electrons. The molecule has 2 atom stereocenters. The SMILES string of the molecule is CCOC(=O)c1sc(/N=C(\N)NC(=O)c2ccc(C(=O)N(CC(C)O)CC(C)O)cc2)nc1C. The van der Waals surface area contributed by atoms with Gasteiger partial charge in [0, 0.05) is 24.2 Å². The first kappa shape index (κ1) is 26.9. The van der Waals surface area contributed by atoms with E-state index >= 15 is 0 Å². The summed E-state index contributed by atoms with van der Waals surface area (Å²) in [6, 6.07) is 5.84. The number of hydrogen-bond donors (Lipinski definition) is 4. The molecule has 0 aliphatic heterocycles. The van der Waals surface area contributed by atoms with Gasteiger partial charge in [-0.1, -0.05) is 11.3 Å². The number of aliphatic hydroxyl groups excluding tert-OH is 2. The van der Waals surface area contributed by atoms with Gasteiger partial charge in [-0.25, -0.2) is 9.78 Å². The standard InChI is InChI=1S/C22H29N5O6S/c1-5-33-20(32)17-14(4)24-22(34-17)26-21(23)25-18(30)15-6-8-16(9-7-15)19(31)27(10-12(2)28)11-13(3)29/h6-9,12-13,28-29H,5,10-11H2,1-4H3,(H3,23,24,25,26,30). The summed E-state index contributed by atoms with van der Waals surface area (Å²) in [5.41, 5.74) is 6.78. The number of hydrogen-bond acceptors (Lipinski definition) is 9. The molecule has 2 aromatic rings. The Morgan fingerprint density at radius 3 is 2.24 bits per heavy atom. The topological polar surface area (TPSA) is 167 Å². The Bertz CT molecular complexity index is 1040. The Morgan fingerprint density at radius 2 is 1.71 bits per heavy atom. The number of nitrogens with two attached hydrogens (primary N) is 1. The monoisotopic (exact) mass is 491 g/mol. The molecule has 1 aromatic heterocycles. The number of carbonyl (C=O) groups is 3. The van der Waals surface area contributed by atoms with Crippen LogP contribution in [0.25, 0.3) is 0 Å². The number of aromatic nitrogens is 1. The van der Waals surface area contributed by atoms with Gasteiger partial charge in [-0.15, -0.1) is 0 Å². The number of thiazole rings is 1. The van der Waals surface area contributed by atoms with E-state index in [0.29, 0.717) is 16.1 Å². The van der Waals surface area contributed by atoms with Crippen LogP contribution >= 0.6 is 11.3 Å². The van der Waals surface area contributed by atoms with Crippen molar-refractivity contribution in [1.82, 2.24) is 15.2 Å². The zero-order valence-corrected chi connectivity index (χ0v) is 20.3. The van der Waals surface area contributed by atoms with Gasteiger partial charge in [-0.05, 0) is 52.0 Å². The maximum atomic E-state index is 12.7. The molecule has 184 valence electrons. The number of carbonyl (C=O) groups excluding carboxylic acids is 3. The highest BCUT2D eigenvalue weighted by atomic mass is 32.1. The van der Waals surface area contributed by atoms with Gasteiger partial charge in [-0.2, -0.15) is 4.99 Å². The smallest absolute Gasteiger partial charge is 0.350 e. The molecule has 0 aliphatic carbocycles. The van der Waals surface area contributed by atoms with E-state index in [1.165, 1.54) is 29.2 Å². The van der Waals surface area contributed by atoms with Gasteiger partial charge in [0.2, 0.25) is 11.1 Å². The van der Waals surface area contributed by atoms with Crippen LogP contribution in [0.1, 0.15) is 56.9 Å². The highest BCUT2D eigenvalue weighted by Gasteiger charge is 2.20. The van der Waals surface area contributed by atoms with Crippen LogP contribution in [-0.2, 0) is 4.74 Å². The lowest BCUT2D eigenvalue weighted by atomic mass is 10.1. The van der Waals surface area contributed by atoms with E-state index in [-0.39, 0.29) is 42.3 Å². The molecule has 12 heteroatoms. The molecule has 0 bridgehead atoms. The number of rotatable bonds is 9. The highest BCUT2D eigenvalue weighted by molar-refractivity contribution is 7.17. The van der Waals surface area contributed by atoms with Crippen LogP contribution in [0.15, 0.2) is 29.3 Å². The van der Waals surface area contributed by atoms with Crippen molar-refractivity contribution in [2.75, 3.05) is 19.7 Å². The number of benzene rings is 1. The normalized spacial score (nSPS) is 13.2. The number of aliphatic hydroxyl groups is 2. The summed E-state index contributed by atoms with van der Waals surface area (Å²) in [6.45, 7) is 6.79. The molecule has 2 amide bonds. The molecular weight excluding hydrogens is 462 g/mol.